The first-order valence-corrected chi connectivity index (χ1v) is 4.71. The Morgan fingerprint density at radius 2 is 2.00 bits per heavy atom. The number of hydrogen-bond acceptors (Lipinski definition) is 3. The third kappa shape index (κ3) is 1.32. The van der Waals surface area contributed by atoms with E-state index in [-0.39, 0.29) is 16.7 Å². The molecule has 1 aromatic heterocycles. The lowest BCUT2D eigenvalue weighted by molar-refractivity contribution is -0.464. The molecule has 5 nitrogen and oxygen atoms in total. The van der Waals surface area contributed by atoms with Crippen LogP contribution in [0.25, 0.3) is 11.0 Å². The number of hydrogen-bond donors (Lipinski definition) is 0. The van der Waals surface area contributed by atoms with Gasteiger partial charge in [-0.05, 0) is 31.0 Å². The third-order valence-electron chi connectivity index (χ3n) is 2.62. The summed E-state index contributed by atoms with van der Waals surface area (Å²) in [6, 6.07) is 4.96. The molecule has 0 unspecified atom stereocenters. The van der Waals surface area contributed by atoms with Crippen LogP contribution in [0.4, 0.5) is 0 Å². The summed E-state index contributed by atoms with van der Waals surface area (Å²) in [5.41, 5.74) is 2.13. The van der Waals surface area contributed by atoms with Gasteiger partial charge in [0.05, 0.1) is 4.43 Å². The minimum absolute atomic E-state index is 0.203. The number of benzene rings is 1. The van der Waals surface area contributed by atoms with Gasteiger partial charge in [0, 0.05) is 11.0 Å². The van der Waals surface area contributed by atoms with E-state index in [4.69, 9.17) is 5.26 Å². The molecule has 0 aliphatic heterocycles. The predicted molar refractivity (Wildman–Crippen MR) is 58.3 cm³/mol. The van der Waals surface area contributed by atoms with Crippen molar-refractivity contribution in [3.8, 4) is 6.07 Å². The van der Waals surface area contributed by atoms with Gasteiger partial charge < -0.3 is 9.94 Å². The molecule has 0 atom stereocenters. The first-order valence-electron chi connectivity index (χ1n) is 4.71. The second kappa shape index (κ2) is 3.35. The Bertz CT molecular complexity index is 680. The molecule has 2 aromatic rings. The zero-order valence-corrected chi connectivity index (χ0v) is 8.89. The van der Waals surface area contributed by atoms with Crippen molar-refractivity contribution in [2.75, 3.05) is 0 Å². The summed E-state index contributed by atoms with van der Waals surface area (Å²) in [5.74, 6) is 0. The van der Waals surface area contributed by atoms with Gasteiger partial charge in [-0.1, -0.05) is 0 Å². The van der Waals surface area contributed by atoms with Crippen LogP contribution < -0.4 is 4.43 Å². The van der Waals surface area contributed by atoms with Crippen LogP contribution in [0.5, 0.6) is 0 Å². The Morgan fingerprint density at radius 3 is 2.62 bits per heavy atom. The molecule has 1 heterocycles. The molecule has 0 spiro atoms. The SMILES string of the molecule is Cc1cc2c(cc1C)[n+](=O)cc(C#N)n2[O-]. The van der Waals surface area contributed by atoms with Crippen molar-refractivity contribution >= 4 is 11.0 Å². The summed E-state index contributed by atoms with van der Waals surface area (Å²) in [6.07, 6.45) is 0.990. The van der Waals surface area contributed by atoms with Crippen molar-refractivity contribution < 1.29 is 4.43 Å². The molecule has 16 heavy (non-hydrogen) atoms. The van der Waals surface area contributed by atoms with Crippen LogP contribution in [0.15, 0.2) is 18.3 Å². The van der Waals surface area contributed by atoms with Gasteiger partial charge in [0.1, 0.15) is 11.6 Å². The standard InChI is InChI=1S/C11H9N3O2/c1-7-3-10-11(4-8(7)2)14(16)9(5-12)6-13(10)15/h3-4,6H,1-2H3. The van der Waals surface area contributed by atoms with E-state index in [1.807, 2.05) is 13.8 Å². The zero-order valence-electron chi connectivity index (χ0n) is 8.89. The Balaban J connectivity index is 3.04. The summed E-state index contributed by atoms with van der Waals surface area (Å²) in [7, 11) is 0. The van der Waals surface area contributed by atoms with E-state index < -0.39 is 0 Å². The molecule has 0 fully saturated rings. The molecular weight excluding hydrogens is 206 g/mol. The lowest BCUT2D eigenvalue weighted by atomic mass is 10.1. The maximum absolute atomic E-state index is 11.7. The molecule has 0 saturated heterocycles. The molecule has 0 bridgehead atoms. The van der Waals surface area contributed by atoms with Crippen LogP contribution in [0.3, 0.4) is 0 Å². The van der Waals surface area contributed by atoms with E-state index >= 15 is 0 Å². The fraction of sp³-hybridized carbons (Fsp3) is 0.182. The van der Waals surface area contributed by atoms with Crippen LogP contribution in [-0.4, -0.2) is 4.73 Å². The van der Waals surface area contributed by atoms with E-state index in [0.29, 0.717) is 9.16 Å². The molecule has 0 saturated carbocycles. The summed E-state index contributed by atoms with van der Waals surface area (Å²) in [6.45, 7) is 3.71. The average molecular weight is 215 g/mol. The van der Waals surface area contributed by atoms with Crippen molar-refractivity contribution in [1.82, 2.24) is 4.73 Å². The molecule has 0 N–H and O–H groups in total. The Hall–Kier alpha value is -2.35. The highest BCUT2D eigenvalue weighted by Crippen LogP contribution is 2.16. The maximum Gasteiger partial charge on any atom is 0.286 e. The van der Waals surface area contributed by atoms with E-state index in [1.165, 1.54) is 0 Å². The van der Waals surface area contributed by atoms with E-state index in [9.17, 15) is 10.1 Å². The molecule has 2 rings (SSSR count). The summed E-state index contributed by atoms with van der Waals surface area (Å²) in [4.78, 5) is 11.6. The van der Waals surface area contributed by atoms with Gasteiger partial charge in [0.25, 0.3) is 11.7 Å². The van der Waals surface area contributed by atoms with Gasteiger partial charge in [0.15, 0.2) is 5.69 Å². The third-order valence-corrected chi connectivity index (χ3v) is 2.62. The highest BCUT2D eigenvalue weighted by atomic mass is 16.5. The van der Waals surface area contributed by atoms with Crippen molar-refractivity contribution in [2.24, 2.45) is 0 Å². The molecule has 80 valence electrons. The molecule has 1 aromatic carbocycles. The first-order chi connectivity index (χ1) is 7.54. The van der Waals surface area contributed by atoms with Gasteiger partial charge in [0.2, 0.25) is 0 Å². The highest BCUT2D eigenvalue weighted by molar-refractivity contribution is 5.74. The lowest BCUT2D eigenvalue weighted by Crippen LogP contribution is -2.19. The number of nitrogens with zero attached hydrogens (tertiary/aromatic N) is 3. The number of fused-ring (bicyclic) bond motifs is 1. The number of rotatable bonds is 0. The molecular formula is C11H9N3O2. The minimum atomic E-state index is -0.203. The molecule has 0 amide bonds. The van der Waals surface area contributed by atoms with Crippen molar-refractivity contribution in [3.63, 3.8) is 0 Å². The maximum atomic E-state index is 11.7. The van der Waals surface area contributed by atoms with Gasteiger partial charge in [-0.25, -0.2) is 0 Å². The summed E-state index contributed by atoms with van der Waals surface area (Å²) < 4.78 is 1.03. The molecule has 0 aliphatic carbocycles. The predicted octanol–water partition coefficient (Wildman–Crippen LogP) is 1.39. The van der Waals surface area contributed by atoms with Crippen LogP contribution in [-0.2, 0) is 0 Å². The van der Waals surface area contributed by atoms with E-state index in [1.54, 1.807) is 18.2 Å². The van der Waals surface area contributed by atoms with Crippen molar-refractivity contribution in [2.45, 2.75) is 13.8 Å². The first kappa shape index (κ1) is 10.2. The quantitative estimate of drug-likeness (QED) is 0.623. The van der Waals surface area contributed by atoms with Gasteiger partial charge >= 0.3 is 0 Å². The number of nitriles is 1. The summed E-state index contributed by atoms with van der Waals surface area (Å²) in [5, 5.41) is 20.4. The van der Waals surface area contributed by atoms with Gasteiger partial charge in [-0.2, -0.15) is 5.26 Å². The molecule has 0 aliphatic rings. The fourth-order valence-corrected chi connectivity index (χ4v) is 1.56. The molecule has 0 radical (unpaired) electrons. The van der Waals surface area contributed by atoms with Crippen molar-refractivity contribution in [1.29, 1.82) is 5.26 Å². The number of aromatic nitrogens is 2. The lowest BCUT2D eigenvalue weighted by Gasteiger charge is -2.13. The largest absolute Gasteiger partial charge is 0.804 e. The normalized spacial score (nSPS) is 10.3. The Morgan fingerprint density at radius 1 is 1.38 bits per heavy atom. The van der Waals surface area contributed by atoms with Gasteiger partial charge in [-0.15, -0.1) is 0 Å². The average Bonchev–Trinajstić information content (AvgIpc) is 2.26. The molecule has 5 heteroatoms. The van der Waals surface area contributed by atoms with Crippen LogP contribution in [0, 0.1) is 35.3 Å². The fourth-order valence-electron chi connectivity index (χ4n) is 1.56. The van der Waals surface area contributed by atoms with Crippen LogP contribution >= 0.6 is 0 Å². The number of aryl methyl sites for hydroxylation is 2. The zero-order chi connectivity index (χ0) is 11.9. The van der Waals surface area contributed by atoms with Crippen LogP contribution in [0.2, 0.25) is 0 Å². The second-order valence-electron chi connectivity index (χ2n) is 3.67. The highest BCUT2D eigenvalue weighted by Gasteiger charge is 2.12. The second-order valence-corrected chi connectivity index (χ2v) is 3.67. The Labute approximate surface area is 91.4 Å². The van der Waals surface area contributed by atoms with Crippen LogP contribution in [0.1, 0.15) is 16.8 Å². The van der Waals surface area contributed by atoms with E-state index in [2.05, 4.69) is 0 Å². The monoisotopic (exact) mass is 215 g/mol. The minimum Gasteiger partial charge on any atom is -0.804 e. The van der Waals surface area contributed by atoms with E-state index in [0.717, 1.165) is 17.3 Å². The topological polar surface area (TPSA) is 74.8 Å². The Kier molecular flexibility index (Phi) is 2.13. The van der Waals surface area contributed by atoms with Crippen molar-refractivity contribution in [3.05, 3.63) is 45.3 Å². The smallest absolute Gasteiger partial charge is 0.286 e. The summed E-state index contributed by atoms with van der Waals surface area (Å²) >= 11 is 0. The van der Waals surface area contributed by atoms with Gasteiger partial charge in [-0.3, -0.25) is 0 Å².